The summed E-state index contributed by atoms with van der Waals surface area (Å²) >= 11 is 0. The Bertz CT molecular complexity index is 526. The molecule has 1 unspecified atom stereocenters. The first-order valence-corrected chi connectivity index (χ1v) is 10.9. The van der Waals surface area contributed by atoms with E-state index in [4.69, 9.17) is 0 Å². The molecule has 1 saturated carbocycles. The van der Waals surface area contributed by atoms with Gasteiger partial charge < -0.3 is 5.32 Å². The van der Waals surface area contributed by atoms with Crippen LogP contribution >= 0.6 is 0 Å². The van der Waals surface area contributed by atoms with Crippen molar-refractivity contribution in [1.29, 1.82) is 0 Å². The minimum absolute atomic E-state index is 0.0195. The van der Waals surface area contributed by atoms with Crippen molar-refractivity contribution in [2.24, 2.45) is 0 Å². The normalized spacial score (nSPS) is 25.8. The van der Waals surface area contributed by atoms with Crippen LogP contribution in [-0.4, -0.2) is 64.1 Å². The van der Waals surface area contributed by atoms with Gasteiger partial charge >= 0.3 is 0 Å². The molecule has 0 amide bonds. The molecular formula is C12H24N2O4S2. The van der Waals surface area contributed by atoms with Crippen molar-refractivity contribution in [1.82, 2.24) is 9.62 Å². The molecule has 20 heavy (non-hydrogen) atoms. The predicted molar refractivity (Wildman–Crippen MR) is 78.9 cm³/mol. The van der Waals surface area contributed by atoms with Crippen LogP contribution in [0.1, 0.15) is 32.1 Å². The van der Waals surface area contributed by atoms with Crippen LogP contribution in [-0.2, 0) is 19.9 Å². The van der Waals surface area contributed by atoms with Gasteiger partial charge in [-0.1, -0.05) is 6.42 Å². The molecule has 0 aromatic heterocycles. The molecule has 0 spiro atoms. The topological polar surface area (TPSA) is 83.5 Å². The number of piperidine rings is 1. The van der Waals surface area contributed by atoms with Crippen molar-refractivity contribution in [3.8, 4) is 0 Å². The van der Waals surface area contributed by atoms with E-state index in [2.05, 4.69) is 5.32 Å². The van der Waals surface area contributed by atoms with Gasteiger partial charge in [-0.25, -0.2) is 16.8 Å². The highest BCUT2D eigenvalue weighted by atomic mass is 32.2. The van der Waals surface area contributed by atoms with Crippen LogP contribution in [0.4, 0.5) is 0 Å². The summed E-state index contributed by atoms with van der Waals surface area (Å²) in [6.07, 6.45) is 6.18. The Morgan fingerprint density at radius 1 is 1.05 bits per heavy atom. The SMILES string of the molecule is CS(=O)(=O)CCS(=O)(=O)N1CCCCC1CNC1CC1. The smallest absolute Gasteiger partial charge is 0.215 e. The first kappa shape index (κ1) is 16.2. The number of rotatable bonds is 7. The van der Waals surface area contributed by atoms with Gasteiger partial charge in [0.05, 0.1) is 11.5 Å². The van der Waals surface area contributed by atoms with E-state index in [-0.39, 0.29) is 17.5 Å². The molecular weight excluding hydrogens is 300 g/mol. The van der Waals surface area contributed by atoms with Crippen LogP contribution in [0.15, 0.2) is 0 Å². The van der Waals surface area contributed by atoms with Gasteiger partial charge in [-0.05, 0) is 25.7 Å². The molecule has 6 nitrogen and oxygen atoms in total. The summed E-state index contributed by atoms with van der Waals surface area (Å²) in [6.45, 7) is 1.20. The first-order valence-electron chi connectivity index (χ1n) is 7.18. The highest BCUT2D eigenvalue weighted by molar-refractivity contribution is 7.93. The lowest BCUT2D eigenvalue weighted by Crippen LogP contribution is -2.50. The van der Waals surface area contributed by atoms with Gasteiger partial charge in [-0.3, -0.25) is 0 Å². The average Bonchev–Trinajstić information content (AvgIpc) is 3.18. The number of nitrogens with zero attached hydrogens (tertiary/aromatic N) is 1. The fourth-order valence-corrected chi connectivity index (χ4v) is 5.84. The van der Waals surface area contributed by atoms with E-state index < -0.39 is 19.9 Å². The van der Waals surface area contributed by atoms with Crippen molar-refractivity contribution in [2.75, 3.05) is 30.9 Å². The van der Waals surface area contributed by atoms with Crippen molar-refractivity contribution >= 4 is 19.9 Å². The summed E-state index contributed by atoms with van der Waals surface area (Å²) in [4.78, 5) is 0. The Hall–Kier alpha value is -0.180. The Labute approximate surface area is 121 Å². The van der Waals surface area contributed by atoms with E-state index >= 15 is 0 Å². The van der Waals surface area contributed by atoms with E-state index in [1.807, 2.05) is 0 Å². The third kappa shape index (κ3) is 4.98. The van der Waals surface area contributed by atoms with E-state index in [0.29, 0.717) is 19.1 Å². The van der Waals surface area contributed by atoms with Crippen LogP contribution in [0.2, 0.25) is 0 Å². The Morgan fingerprint density at radius 3 is 2.35 bits per heavy atom. The molecule has 2 fully saturated rings. The number of sulfone groups is 1. The summed E-state index contributed by atoms with van der Waals surface area (Å²) in [5, 5.41) is 3.38. The molecule has 0 aromatic carbocycles. The third-order valence-corrected chi connectivity index (χ3v) is 6.98. The highest BCUT2D eigenvalue weighted by Crippen LogP contribution is 2.23. The minimum atomic E-state index is -3.48. The van der Waals surface area contributed by atoms with Crippen molar-refractivity contribution in [3.05, 3.63) is 0 Å². The van der Waals surface area contributed by atoms with Crippen LogP contribution in [0.25, 0.3) is 0 Å². The molecule has 1 aliphatic heterocycles. The van der Waals surface area contributed by atoms with Gasteiger partial charge in [0.2, 0.25) is 10.0 Å². The fourth-order valence-electron chi connectivity index (χ4n) is 2.51. The second-order valence-corrected chi connectivity index (χ2v) is 10.2. The molecule has 0 radical (unpaired) electrons. The average molecular weight is 324 g/mol. The van der Waals surface area contributed by atoms with Gasteiger partial charge in [0, 0.05) is 31.4 Å². The molecule has 1 N–H and O–H groups in total. The van der Waals surface area contributed by atoms with Gasteiger partial charge in [0.15, 0.2) is 0 Å². The maximum atomic E-state index is 12.3. The molecule has 8 heteroatoms. The number of nitrogens with one attached hydrogen (secondary N) is 1. The van der Waals surface area contributed by atoms with Gasteiger partial charge in [-0.2, -0.15) is 4.31 Å². The minimum Gasteiger partial charge on any atom is -0.312 e. The molecule has 0 bridgehead atoms. The molecule has 2 rings (SSSR count). The maximum Gasteiger partial charge on any atom is 0.215 e. The van der Waals surface area contributed by atoms with E-state index in [9.17, 15) is 16.8 Å². The number of hydrogen-bond donors (Lipinski definition) is 1. The summed E-state index contributed by atoms with van der Waals surface area (Å²) in [5.74, 6) is -0.597. The lowest BCUT2D eigenvalue weighted by Gasteiger charge is -2.34. The van der Waals surface area contributed by atoms with Gasteiger partial charge in [-0.15, -0.1) is 0 Å². The second-order valence-electron chi connectivity index (χ2n) is 5.89. The highest BCUT2D eigenvalue weighted by Gasteiger charge is 2.33. The summed E-state index contributed by atoms with van der Waals surface area (Å²) in [6, 6.07) is 0.534. The third-order valence-electron chi connectivity index (χ3n) is 3.86. The maximum absolute atomic E-state index is 12.3. The molecule has 1 aliphatic carbocycles. The lowest BCUT2D eigenvalue weighted by molar-refractivity contribution is 0.245. The molecule has 118 valence electrons. The Balaban J connectivity index is 1.97. The molecule has 2 aliphatic rings. The largest absolute Gasteiger partial charge is 0.312 e. The van der Waals surface area contributed by atoms with E-state index in [0.717, 1.165) is 25.5 Å². The van der Waals surface area contributed by atoms with E-state index in [1.165, 1.54) is 17.1 Å². The fraction of sp³-hybridized carbons (Fsp3) is 1.00. The summed E-state index contributed by atoms with van der Waals surface area (Å²) in [5.41, 5.74) is 0. The predicted octanol–water partition coefficient (Wildman–Crippen LogP) is -0.0327. The van der Waals surface area contributed by atoms with Gasteiger partial charge in [0.1, 0.15) is 9.84 Å². The van der Waals surface area contributed by atoms with Gasteiger partial charge in [0.25, 0.3) is 0 Å². The standard InChI is InChI=1S/C12H24N2O4S2/c1-19(15,16)8-9-20(17,18)14-7-3-2-4-12(14)10-13-11-5-6-11/h11-13H,2-10H2,1H3. The molecule has 1 atom stereocenters. The zero-order valence-electron chi connectivity index (χ0n) is 11.9. The quantitative estimate of drug-likeness (QED) is 0.711. The Morgan fingerprint density at radius 2 is 1.75 bits per heavy atom. The number of sulfonamides is 1. The molecule has 0 aromatic rings. The van der Waals surface area contributed by atoms with E-state index in [1.54, 1.807) is 0 Å². The molecule has 1 heterocycles. The Kier molecular flexibility index (Phi) is 5.09. The van der Waals surface area contributed by atoms with Crippen LogP contribution in [0.5, 0.6) is 0 Å². The molecule has 1 saturated heterocycles. The monoisotopic (exact) mass is 324 g/mol. The summed E-state index contributed by atoms with van der Waals surface area (Å²) in [7, 11) is -6.73. The van der Waals surface area contributed by atoms with Crippen LogP contribution in [0.3, 0.4) is 0 Å². The first-order chi connectivity index (χ1) is 9.28. The zero-order chi connectivity index (χ0) is 14.8. The van der Waals surface area contributed by atoms with Crippen LogP contribution in [0, 0.1) is 0 Å². The van der Waals surface area contributed by atoms with Crippen molar-refractivity contribution < 1.29 is 16.8 Å². The lowest BCUT2D eigenvalue weighted by atomic mass is 10.1. The van der Waals surface area contributed by atoms with Crippen molar-refractivity contribution in [2.45, 2.75) is 44.2 Å². The zero-order valence-corrected chi connectivity index (χ0v) is 13.5. The van der Waals surface area contributed by atoms with Crippen LogP contribution < -0.4 is 5.32 Å². The summed E-state index contributed by atoms with van der Waals surface area (Å²) < 4.78 is 48.5. The second kappa shape index (κ2) is 6.29. The number of hydrogen-bond acceptors (Lipinski definition) is 5. The van der Waals surface area contributed by atoms with Crippen molar-refractivity contribution in [3.63, 3.8) is 0 Å².